The molecule has 0 saturated heterocycles. The van der Waals surface area contributed by atoms with Crippen molar-refractivity contribution in [2.45, 2.75) is 12.6 Å². The van der Waals surface area contributed by atoms with Gasteiger partial charge in [0.15, 0.2) is 17.4 Å². The van der Waals surface area contributed by atoms with Gasteiger partial charge >= 0.3 is 6.18 Å². The maximum Gasteiger partial charge on any atom is 0.417 e. The average molecular weight is 548 g/mol. The van der Waals surface area contributed by atoms with Crippen LogP contribution in [0.4, 0.5) is 22.0 Å². The van der Waals surface area contributed by atoms with Crippen LogP contribution in [0.5, 0.6) is 17.4 Å². The lowest BCUT2D eigenvalue weighted by Crippen LogP contribution is -2.06. The molecule has 2 aromatic carbocycles. The van der Waals surface area contributed by atoms with Crippen LogP contribution in [0.1, 0.15) is 11.1 Å². The molecule has 0 atom stereocenters. The Morgan fingerprint density at radius 3 is 2.39 bits per heavy atom. The van der Waals surface area contributed by atoms with Crippen LogP contribution in [0, 0.1) is 11.6 Å². The van der Waals surface area contributed by atoms with Gasteiger partial charge in [-0.3, -0.25) is 4.40 Å². The molecule has 0 unspecified atom stereocenters. The second-order valence-corrected chi connectivity index (χ2v) is 8.34. The van der Waals surface area contributed by atoms with Crippen molar-refractivity contribution >= 4 is 17.4 Å². The number of nitrogens with zero attached hydrogens (tertiary/aromatic N) is 5. The molecule has 0 spiro atoms. The first kappa shape index (κ1) is 25.3. The fourth-order valence-corrected chi connectivity index (χ4v) is 3.84. The Balaban J connectivity index is 1.25. The number of halogens is 6. The molecule has 0 aliphatic rings. The van der Waals surface area contributed by atoms with Gasteiger partial charge in [0.25, 0.3) is 0 Å². The molecule has 5 rings (SSSR count). The lowest BCUT2D eigenvalue weighted by Gasteiger charge is -2.13. The third-order valence-electron chi connectivity index (χ3n) is 5.37. The molecule has 5 aromatic rings. The first-order valence-electron chi connectivity index (χ1n) is 10.9. The van der Waals surface area contributed by atoms with Gasteiger partial charge in [-0.2, -0.15) is 18.2 Å². The van der Waals surface area contributed by atoms with E-state index in [1.165, 1.54) is 6.33 Å². The van der Waals surface area contributed by atoms with Gasteiger partial charge < -0.3 is 9.47 Å². The summed E-state index contributed by atoms with van der Waals surface area (Å²) in [6.07, 6.45) is 3.39. The minimum Gasteiger partial charge on any atom is -0.477 e. The van der Waals surface area contributed by atoms with Gasteiger partial charge in [-0.1, -0.05) is 11.6 Å². The van der Waals surface area contributed by atoms with Gasteiger partial charge in [0, 0.05) is 36.6 Å². The molecule has 0 aliphatic carbocycles. The third kappa shape index (κ3) is 5.35. The summed E-state index contributed by atoms with van der Waals surface area (Å²) in [4.78, 5) is 16.5. The van der Waals surface area contributed by atoms with E-state index in [-0.39, 0.29) is 24.5 Å². The number of ether oxygens (including phenoxy) is 2. The summed E-state index contributed by atoms with van der Waals surface area (Å²) in [6, 6.07) is 6.24. The zero-order valence-corrected chi connectivity index (χ0v) is 19.8. The van der Waals surface area contributed by atoms with E-state index >= 15 is 0 Å². The molecule has 0 N–H and O–H groups in total. The Morgan fingerprint density at radius 2 is 1.68 bits per heavy atom. The highest BCUT2D eigenvalue weighted by Gasteiger charge is 2.33. The number of fused-ring (bicyclic) bond motifs is 1. The van der Waals surface area contributed by atoms with E-state index in [0.717, 1.165) is 35.5 Å². The van der Waals surface area contributed by atoms with Crippen LogP contribution in [0.3, 0.4) is 0 Å². The summed E-state index contributed by atoms with van der Waals surface area (Å²) in [5, 5.41) is -0.561. The van der Waals surface area contributed by atoms with Crippen LogP contribution in [0.25, 0.3) is 17.0 Å². The topological polar surface area (TPSA) is 74.4 Å². The molecule has 0 amide bonds. The molecule has 0 aliphatic heterocycles. The van der Waals surface area contributed by atoms with Crippen molar-refractivity contribution in [1.82, 2.24) is 24.3 Å². The minimum atomic E-state index is -4.76. The fourth-order valence-electron chi connectivity index (χ4n) is 3.61. The molecule has 7 nitrogen and oxygen atoms in total. The highest BCUT2D eigenvalue weighted by atomic mass is 35.5. The molecule has 3 heterocycles. The Bertz CT molecular complexity index is 1590. The molecule has 13 heteroatoms. The largest absolute Gasteiger partial charge is 0.477 e. The van der Waals surface area contributed by atoms with Crippen LogP contribution in [-0.4, -0.2) is 30.9 Å². The van der Waals surface area contributed by atoms with Crippen molar-refractivity contribution in [2.75, 3.05) is 6.61 Å². The number of alkyl halides is 3. The van der Waals surface area contributed by atoms with Crippen LogP contribution in [0.15, 0.2) is 67.5 Å². The number of hydrogen-bond donors (Lipinski definition) is 0. The van der Waals surface area contributed by atoms with Gasteiger partial charge in [0.1, 0.15) is 12.1 Å². The van der Waals surface area contributed by atoms with Crippen molar-refractivity contribution in [1.29, 1.82) is 0 Å². The quantitative estimate of drug-likeness (QED) is 0.215. The van der Waals surface area contributed by atoms with E-state index in [1.807, 2.05) is 0 Å². The Kier molecular flexibility index (Phi) is 6.81. The summed E-state index contributed by atoms with van der Waals surface area (Å²) in [5.74, 6) is -2.80. The number of imidazole rings is 1. The smallest absolute Gasteiger partial charge is 0.417 e. The van der Waals surface area contributed by atoms with E-state index < -0.39 is 39.9 Å². The SMILES string of the molecule is Fc1cc(CCOc2ccn3c(-c4cncnc4)cnc3n2)cc(F)c1Oc1ccc(Cl)c(C(F)(F)F)c1. The molecule has 0 bridgehead atoms. The number of rotatable bonds is 7. The van der Waals surface area contributed by atoms with Crippen molar-refractivity contribution < 1.29 is 31.4 Å². The van der Waals surface area contributed by atoms with Crippen molar-refractivity contribution in [2.24, 2.45) is 0 Å². The van der Waals surface area contributed by atoms with E-state index in [9.17, 15) is 22.0 Å². The summed E-state index contributed by atoms with van der Waals surface area (Å²) < 4.78 is 80.8. The van der Waals surface area contributed by atoms with Crippen molar-refractivity contribution in [3.8, 4) is 28.6 Å². The average Bonchev–Trinajstić information content (AvgIpc) is 3.30. The normalized spacial score (nSPS) is 11.6. The fraction of sp³-hybridized carbons (Fsp3) is 0.120. The maximum atomic E-state index is 14.6. The number of aromatic nitrogens is 5. The number of benzene rings is 2. The summed E-state index contributed by atoms with van der Waals surface area (Å²) in [5.41, 5.74) is 0.552. The molecule has 38 heavy (non-hydrogen) atoms. The standard InChI is InChI=1S/C25H15ClF5N5O2/c26-18-2-1-16(9-17(18)25(29,30)31)38-23-19(27)7-14(8-20(23)28)4-6-37-22-3-5-36-21(12-34-24(36)35-22)15-10-32-13-33-11-15/h1-3,5,7-13H,4,6H2. The summed E-state index contributed by atoms with van der Waals surface area (Å²) in [6.45, 7) is 0.0362. The van der Waals surface area contributed by atoms with Gasteiger partial charge in [0.05, 0.1) is 29.1 Å². The zero-order chi connectivity index (χ0) is 26.9. The first-order chi connectivity index (χ1) is 18.2. The maximum absolute atomic E-state index is 14.6. The van der Waals surface area contributed by atoms with Crippen LogP contribution in [-0.2, 0) is 12.6 Å². The van der Waals surface area contributed by atoms with Crippen molar-refractivity contribution in [3.05, 3.63) is 95.3 Å². The van der Waals surface area contributed by atoms with Crippen LogP contribution in [0.2, 0.25) is 5.02 Å². The third-order valence-corrected chi connectivity index (χ3v) is 5.70. The van der Waals surface area contributed by atoms with E-state index in [2.05, 4.69) is 19.9 Å². The minimum absolute atomic E-state index is 0.0362. The molecule has 0 saturated carbocycles. The van der Waals surface area contributed by atoms with Gasteiger partial charge in [-0.05, 0) is 35.9 Å². The van der Waals surface area contributed by atoms with Crippen LogP contribution >= 0.6 is 11.6 Å². The van der Waals surface area contributed by atoms with Crippen molar-refractivity contribution in [3.63, 3.8) is 0 Å². The second-order valence-electron chi connectivity index (χ2n) is 7.93. The Labute approximate surface area is 216 Å². The second kappa shape index (κ2) is 10.2. The van der Waals surface area contributed by atoms with Gasteiger partial charge in [-0.15, -0.1) is 0 Å². The monoisotopic (exact) mass is 547 g/mol. The Hall–Kier alpha value is -4.32. The van der Waals surface area contributed by atoms with Crippen LogP contribution < -0.4 is 9.47 Å². The van der Waals surface area contributed by atoms with Gasteiger partial charge in [-0.25, -0.2) is 23.7 Å². The molecule has 0 radical (unpaired) electrons. The molecular formula is C25H15ClF5N5O2. The lowest BCUT2D eigenvalue weighted by molar-refractivity contribution is -0.137. The first-order valence-corrected chi connectivity index (χ1v) is 11.3. The van der Waals surface area contributed by atoms with Gasteiger partial charge in [0.2, 0.25) is 11.7 Å². The predicted molar refractivity (Wildman–Crippen MR) is 126 cm³/mol. The van der Waals surface area contributed by atoms with E-state index in [0.29, 0.717) is 11.8 Å². The highest BCUT2D eigenvalue weighted by Crippen LogP contribution is 2.38. The number of hydrogen-bond acceptors (Lipinski definition) is 6. The molecule has 0 fully saturated rings. The summed E-state index contributed by atoms with van der Waals surface area (Å²) >= 11 is 5.57. The summed E-state index contributed by atoms with van der Waals surface area (Å²) in [7, 11) is 0. The Morgan fingerprint density at radius 1 is 0.947 bits per heavy atom. The van der Waals surface area contributed by atoms with E-state index in [4.69, 9.17) is 21.1 Å². The zero-order valence-electron chi connectivity index (χ0n) is 19.1. The molecule has 194 valence electrons. The predicted octanol–water partition coefficient (Wildman–Crippen LogP) is 6.55. The highest BCUT2D eigenvalue weighted by molar-refractivity contribution is 6.31. The molecule has 3 aromatic heterocycles. The van der Waals surface area contributed by atoms with E-state index in [1.54, 1.807) is 35.3 Å². The molecular weight excluding hydrogens is 533 g/mol. The lowest BCUT2D eigenvalue weighted by atomic mass is 10.1.